The van der Waals surface area contributed by atoms with Gasteiger partial charge in [-0.25, -0.2) is 4.79 Å². The van der Waals surface area contributed by atoms with Crippen molar-refractivity contribution in [2.45, 2.75) is 18.9 Å². The van der Waals surface area contributed by atoms with Crippen LogP contribution in [0.1, 0.15) is 12.8 Å². The van der Waals surface area contributed by atoms with E-state index in [1.165, 1.54) is 18.6 Å². The van der Waals surface area contributed by atoms with Gasteiger partial charge in [-0.05, 0) is 36.8 Å². The van der Waals surface area contributed by atoms with Gasteiger partial charge in [0, 0.05) is 23.2 Å². The predicted octanol–water partition coefficient (Wildman–Crippen LogP) is 2.48. The molecule has 1 aliphatic rings. The molecule has 1 atom stereocenters. The van der Waals surface area contributed by atoms with E-state index in [-0.39, 0.29) is 0 Å². The molecule has 4 nitrogen and oxygen atoms in total. The fraction of sp³-hybridized carbons (Fsp3) is 0.417. The molecule has 1 unspecified atom stereocenters. The molecular formula is C12H17N3OS. The summed E-state index contributed by atoms with van der Waals surface area (Å²) >= 11 is 1.98. The average molecular weight is 251 g/mol. The maximum absolute atomic E-state index is 10.8. The van der Waals surface area contributed by atoms with Crippen LogP contribution in [-0.2, 0) is 0 Å². The Labute approximate surface area is 105 Å². The predicted molar refractivity (Wildman–Crippen MR) is 73.6 cm³/mol. The molecule has 4 N–H and O–H groups in total. The first-order chi connectivity index (χ1) is 8.24. The lowest BCUT2D eigenvalue weighted by molar-refractivity contribution is 0.259. The SMILES string of the molecule is NC(=O)Nc1cccc(NC2CCCSC2)c1. The number of benzene rings is 1. The number of nitrogens with one attached hydrogen (secondary N) is 2. The third-order valence-corrected chi connectivity index (χ3v) is 3.88. The molecule has 5 heteroatoms. The molecule has 2 rings (SSSR count). The Morgan fingerprint density at radius 3 is 2.94 bits per heavy atom. The molecule has 1 aliphatic heterocycles. The number of urea groups is 1. The summed E-state index contributed by atoms with van der Waals surface area (Å²) < 4.78 is 0. The number of anilines is 2. The summed E-state index contributed by atoms with van der Waals surface area (Å²) in [5.41, 5.74) is 6.84. The Morgan fingerprint density at radius 1 is 1.41 bits per heavy atom. The van der Waals surface area contributed by atoms with Crippen LogP contribution in [0.4, 0.5) is 16.2 Å². The lowest BCUT2D eigenvalue weighted by Crippen LogP contribution is -2.25. The normalized spacial score (nSPS) is 19.6. The molecule has 0 aromatic heterocycles. The summed E-state index contributed by atoms with van der Waals surface area (Å²) in [5.74, 6) is 2.41. The molecule has 1 aromatic carbocycles. The molecule has 1 fully saturated rings. The standard InChI is InChI=1S/C12H17N3OS/c13-12(16)15-10-4-1-3-9(7-10)14-11-5-2-6-17-8-11/h1,3-4,7,11,14H,2,5-6,8H2,(H3,13,15,16). The van der Waals surface area contributed by atoms with E-state index in [1.807, 2.05) is 36.0 Å². The van der Waals surface area contributed by atoms with Crippen molar-refractivity contribution in [2.75, 3.05) is 22.1 Å². The van der Waals surface area contributed by atoms with E-state index in [0.717, 1.165) is 17.1 Å². The summed E-state index contributed by atoms with van der Waals surface area (Å²) in [4.78, 5) is 10.8. The van der Waals surface area contributed by atoms with Crippen molar-refractivity contribution in [1.29, 1.82) is 0 Å². The first-order valence-electron chi connectivity index (χ1n) is 5.75. The molecule has 17 heavy (non-hydrogen) atoms. The topological polar surface area (TPSA) is 67.2 Å². The molecule has 1 aromatic rings. The van der Waals surface area contributed by atoms with Crippen molar-refractivity contribution in [3.05, 3.63) is 24.3 Å². The Morgan fingerprint density at radius 2 is 2.24 bits per heavy atom. The highest BCUT2D eigenvalue weighted by Gasteiger charge is 2.13. The average Bonchev–Trinajstić information content (AvgIpc) is 2.30. The third kappa shape index (κ3) is 3.85. The molecule has 1 heterocycles. The molecule has 2 amide bonds. The molecular weight excluding hydrogens is 234 g/mol. The van der Waals surface area contributed by atoms with Crippen LogP contribution >= 0.6 is 11.8 Å². The van der Waals surface area contributed by atoms with Gasteiger partial charge in [-0.3, -0.25) is 0 Å². The highest BCUT2D eigenvalue weighted by molar-refractivity contribution is 7.99. The van der Waals surface area contributed by atoms with Gasteiger partial charge in [-0.2, -0.15) is 11.8 Å². The second kappa shape index (κ2) is 5.82. The number of hydrogen-bond donors (Lipinski definition) is 3. The van der Waals surface area contributed by atoms with Gasteiger partial charge in [0.25, 0.3) is 0 Å². The summed E-state index contributed by atoms with van der Waals surface area (Å²) in [6.07, 6.45) is 2.47. The number of primary amides is 1. The van der Waals surface area contributed by atoms with Crippen LogP contribution in [0.15, 0.2) is 24.3 Å². The zero-order valence-corrected chi connectivity index (χ0v) is 10.4. The van der Waals surface area contributed by atoms with Crippen LogP contribution in [0, 0.1) is 0 Å². The van der Waals surface area contributed by atoms with E-state index in [2.05, 4.69) is 10.6 Å². The molecule has 0 aliphatic carbocycles. The molecule has 1 saturated heterocycles. The van der Waals surface area contributed by atoms with Crippen molar-refractivity contribution in [2.24, 2.45) is 5.73 Å². The maximum Gasteiger partial charge on any atom is 0.316 e. The van der Waals surface area contributed by atoms with Crippen LogP contribution in [0.3, 0.4) is 0 Å². The lowest BCUT2D eigenvalue weighted by atomic mass is 10.1. The Balaban J connectivity index is 1.97. The van der Waals surface area contributed by atoms with Crippen molar-refractivity contribution in [3.8, 4) is 0 Å². The number of hydrogen-bond acceptors (Lipinski definition) is 3. The van der Waals surface area contributed by atoms with Crippen molar-refractivity contribution >= 4 is 29.2 Å². The van der Waals surface area contributed by atoms with Gasteiger partial charge in [0.05, 0.1) is 0 Å². The highest BCUT2D eigenvalue weighted by Crippen LogP contribution is 2.22. The molecule has 92 valence electrons. The monoisotopic (exact) mass is 251 g/mol. The minimum absolute atomic E-state index is 0.526. The van der Waals surface area contributed by atoms with E-state index in [4.69, 9.17) is 5.73 Å². The lowest BCUT2D eigenvalue weighted by Gasteiger charge is -2.23. The van der Waals surface area contributed by atoms with Crippen molar-refractivity contribution in [3.63, 3.8) is 0 Å². The van der Waals surface area contributed by atoms with Gasteiger partial charge in [-0.1, -0.05) is 6.07 Å². The van der Waals surface area contributed by atoms with E-state index >= 15 is 0 Å². The quantitative estimate of drug-likeness (QED) is 0.773. The van der Waals surface area contributed by atoms with Gasteiger partial charge >= 0.3 is 6.03 Å². The zero-order chi connectivity index (χ0) is 12.1. The Kier molecular flexibility index (Phi) is 4.14. The van der Waals surface area contributed by atoms with Crippen LogP contribution in [0.25, 0.3) is 0 Å². The minimum atomic E-state index is -0.532. The van der Waals surface area contributed by atoms with E-state index in [9.17, 15) is 4.79 Å². The molecule has 0 saturated carbocycles. The van der Waals surface area contributed by atoms with Gasteiger partial charge in [-0.15, -0.1) is 0 Å². The number of carbonyl (C=O) groups is 1. The number of rotatable bonds is 3. The Hall–Kier alpha value is -1.36. The van der Waals surface area contributed by atoms with Gasteiger partial charge in [0.15, 0.2) is 0 Å². The highest BCUT2D eigenvalue weighted by atomic mass is 32.2. The second-order valence-electron chi connectivity index (χ2n) is 4.13. The van der Waals surface area contributed by atoms with E-state index in [1.54, 1.807) is 0 Å². The summed E-state index contributed by atoms with van der Waals surface area (Å²) in [6.45, 7) is 0. The summed E-state index contributed by atoms with van der Waals surface area (Å²) in [6, 6.07) is 7.64. The number of carbonyl (C=O) groups excluding carboxylic acids is 1. The molecule has 0 radical (unpaired) electrons. The maximum atomic E-state index is 10.8. The largest absolute Gasteiger partial charge is 0.381 e. The fourth-order valence-electron chi connectivity index (χ4n) is 1.92. The first-order valence-corrected chi connectivity index (χ1v) is 6.90. The van der Waals surface area contributed by atoms with E-state index in [0.29, 0.717) is 6.04 Å². The van der Waals surface area contributed by atoms with Crippen LogP contribution in [0.5, 0.6) is 0 Å². The van der Waals surface area contributed by atoms with Crippen LogP contribution in [-0.4, -0.2) is 23.6 Å². The van der Waals surface area contributed by atoms with Crippen LogP contribution < -0.4 is 16.4 Å². The first kappa shape index (κ1) is 12.1. The van der Waals surface area contributed by atoms with Crippen molar-refractivity contribution < 1.29 is 4.79 Å². The van der Waals surface area contributed by atoms with Gasteiger partial charge in [0.1, 0.15) is 0 Å². The number of nitrogens with two attached hydrogens (primary N) is 1. The third-order valence-electron chi connectivity index (χ3n) is 2.66. The van der Waals surface area contributed by atoms with E-state index < -0.39 is 6.03 Å². The Bertz CT molecular complexity index is 391. The zero-order valence-electron chi connectivity index (χ0n) is 9.61. The van der Waals surface area contributed by atoms with Crippen molar-refractivity contribution in [1.82, 2.24) is 0 Å². The summed E-state index contributed by atoms with van der Waals surface area (Å²) in [7, 11) is 0. The second-order valence-corrected chi connectivity index (χ2v) is 5.28. The smallest absolute Gasteiger partial charge is 0.316 e. The summed E-state index contributed by atoms with van der Waals surface area (Å²) in [5, 5.41) is 6.06. The minimum Gasteiger partial charge on any atom is -0.381 e. The number of thioether (sulfide) groups is 1. The molecule has 0 bridgehead atoms. The van der Waals surface area contributed by atoms with Gasteiger partial charge < -0.3 is 16.4 Å². The number of amides is 2. The molecule has 0 spiro atoms. The van der Waals surface area contributed by atoms with Crippen LogP contribution in [0.2, 0.25) is 0 Å². The fourth-order valence-corrected chi connectivity index (χ4v) is 2.99. The van der Waals surface area contributed by atoms with Gasteiger partial charge in [0.2, 0.25) is 0 Å².